The number of H-pyrrole nitrogens is 1. The zero-order chi connectivity index (χ0) is 14.5. The van der Waals surface area contributed by atoms with Gasteiger partial charge in [-0.05, 0) is 5.56 Å². The minimum atomic E-state index is 0.702. The molecule has 0 bridgehead atoms. The molecule has 1 aromatic heterocycles. The van der Waals surface area contributed by atoms with Crippen LogP contribution in [-0.4, -0.2) is 54.3 Å². The van der Waals surface area contributed by atoms with Gasteiger partial charge in [-0.25, -0.2) is 4.58 Å². The van der Waals surface area contributed by atoms with Crippen molar-refractivity contribution in [2.45, 2.75) is 6.42 Å². The minimum Gasteiger partial charge on any atom is -0.435 e. The lowest BCUT2D eigenvalue weighted by Crippen LogP contribution is -2.35. The Hall–Kier alpha value is -2.37. The van der Waals surface area contributed by atoms with Gasteiger partial charge < -0.3 is 4.74 Å². The SMILES string of the molecule is COC(N(C)c1n[nH]nc1Cc1ccccc1)=[N+](C)C. The van der Waals surface area contributed by atoms with E-state index in [0.29, 0.717) is 6.02 Å². The number of amidine groups is 1. The predicted molar refractivity (Wildman–Crippen MR) is 78.2 cm³/mol. The number of benzene rings is 1. The third kappa shape index (κ3) is 2.96. The van der Waals surface area contributed by atoms with Crippen LogP contribution in [0, 0.1) is 0 Å². The zero-order valence-electron chi connectivity index (χ0n) is 12.3. The molecule has 0 aliphatic rings. The van der Waals surface area contributed by atoms with E-state index in [0.717, 1.165) is 17.9 Å². The van der Waals surface area contributed by atoms with Crippen LogP contribution in [0.25, 0.3) is 0 Å². The third-order valence-corrected chi connectivity index (χ3v) is 2.98. The maximum atomic E-state index is 5.39. The van der Waals surface area contributed by atoms with Gasteiger partial charge in [-0.3, -0.25) is 0 Å². The highest BCUT2D eigenvalue weighted by Crippen LogP contribution is 2.17. The average molecular weight is 274 g/mol. The first-order chi connectivity index (χ1) is 9.63. The quantitative estimate of drug-likeness (QED) is 0.517. The monoisotopic (exact) mass is 274 g/mol. The summed E-state index contributed by atoms with van der Waals surface area (Å²) < 4.78 is 7.28. The first-order valence-corrected chi connectivity index (χ1v) is 6.39. The minimum absolute atomic E-state index is 0.702. The fourth-order valence-electron chi connectivity index (χ4n) is 2.13. The third-order valence-electron chi connectivity index (χ3n) is 2.98. The molecule has 6 heteroatoms. The van der Waals surface area contributed by atoms with Crippen LogP contribution in [0.3, 0.4) is 0 Å². The van der Waals surface area contributed by atoms with Crippen molar-refractivity contribution in [2.75, 3.05) is 33.2 Å². The van der Waals surface area contributed by atoms with Crippen LogP contribution in [0.2, 0.25) is 0 Å². The molecular formula is C14H20N5O+. The average Bonchev–Trinajstić information content (AvgIpc) is 2.88. The summed E-state index contributed by atoms with van der Waals surface area (Å²) >= 11 is 0. The number of aromatic amines is 1. The molecule has 0 radical (unpaired) electrons. The van der Waals surface area contributed by atoms with Crippen LogP contribution in [0.5, 0.6) is 0 Å². The molecule has 0 saturated heterocycles. The molecule has 0 spiro atoms. The second kappa shape index (κ2) is 6.18. The number of hydrogen-bond donors (Lipinski definition) is 1. The summed E-state index contributed by atoms with van der Waals surface area (Å²) in [6.07, 6.45) is 0.724. The van der Waals surface area contributed by atoms with E-state index in [1.807, 2.05) is 48.8 Å². The number of rotatable bonds is 3. The van der Waals surface area contributed by atoms with Crippen LogP contribution < -0.4 is 4.90 Å². The van der Waals surface area contributed by atoms with E-state index >= 15 is 0 Å². The van der Waals surface area contributed by atoms with E-state index in [9.17, 15) is 0 Å². The summed E-state index contributed by atoms with van der Waals surface area (Å²) in [5.41, 5.74) is 2.08. The van der Waals surface area contributed by atoms with Crippen LogP contribution in [0.1, 0.15) is 11.3 Å². The number of aromatic nitrogens is 3. The second-order valence-corrected chi connectivity index (χ2v) is 4.70. The maximum Gasteiger partial charge on any atom is 0.451 e. The molecule has 1 aromatic carbocycles. The smallest absolute Gasteiger partial charge is 0.435 e. The molecule has 0 aliphatic carbocycles. The first-order valence-electron chi connectivity index (χ1n) is 6.39. The number of hydrogen-bond acceptors (Lipinski definition) is 3. The molecule has 0 atom stereocenters. The van der Waals surface area contributed by atoms with Gasteiger partial charge in [0, 0.05) is 6.42 Å². The topological polar surface area (TPSA) is 57.0 Å². The van der Waals surface area contributed by atoms with Gasteiger partial charge in [0.1, 0.15) is 5.69 Å². The predicted octanol–water partition coefficient (Wildman–Crippen LogP) is 1.11. The molecular weight excluding hydrogens is 254 g/mol. The molecule has 2 aromatic rings. The lowest BCUT2D eigenvalue weighted by atomic mass is 10.1. The highest BCUT2D eigenvalue weighted by Gasteiger charge is 2.25. The van der Waals surface area contributed by atoms with E-state index in [1.165, 1.54) is 5.56 Å². The zero-order valence-corrected chi connectivity index (χ0v) is 12.3. The Morgan fingerprint density at radius 2 is 1.95 bits per heavy atom. The lowest BCUT2D eigenvalue weighted by Gasteiger charge is -2.12. The Morgan fingerprint density at radius 1 is 1.25 bits per heavy atom. The molecule has 106 valence electrons. The Balaban J connectivity index is 2.27. The molecule has 1 N–H and O–H groups in total. The van der Waals surface area contributed by atoms with E-state index in [4.69, 9.17) is 4.74 Å². The van der Waals surface area contributed by atoms with Crippen molar-refractivity contribution >= 4 is 11.8 Å². The second-order valence-electron chi connectivity index (χ2n) is 4.70. The number of nitrogens with one attached hydrogen (secondary N) is 1. The number of methoxy groups -OCH3 is 1. The maximum absolute atomic E-state index is 5.39. The highest BCUT2D eigenvalue weighted by molar-refractivity contribution is 5.86. The number of anilines is 1. The Bertz CT molecular complexity index is 587. The molecule has 0 aliphatic heterocycles. The van der Waals surface area contributed by atoms with Crippen molar-refractivity contribution in [1.82, 2.24) is 15.4 Å². The van der Waals surface area contributed by atoms with Gasteiger partial charge in [0.2, 0.25) is 0 Å². The van der Waals surface area contributed by atoms with Crippen LogP contribution in [0.4, 0.5) is 5.82 Å². The first kappa shape index (κ1) is 14.0. The van der Waals surface area contributed by atoms with E-state index in [-0.39, 0.29) is 0 Å². The molecule has 1 heterocycles. The van der Waals surface area contributed by atoms with E-state index in [1.54, 1.807) is 7.11 Å². The van der Waals surface area contributed by atoms with Gasteiger partial charge in [-0.1, -0.05) is 30.3 Å². The van der Waals surface area contributed by atoms with Crippen LogP contribution in [-0.2, 0) is 11.2 Å². The fraction of sp³-hybridized carbons (Fsp3) is 0.357. The molecule has 20 heavy (non-hydrogen) atoms. The van der Waals surface area contributed by atoms with Gasteiger partial charge in [0.25, 0.3) is 5.82 Å². The summed E-state index contributed by atoms with van der Waals surface area (Å²) in [4.78, 5) is 1.88. The lowest BCUT2D eigenvalue weighted by molar-refractivity contribution is -0.475. The molecule has 0 saturated carbocycles. The van der Waals surface area contributed by atoms with Gasteiger partial charge in [-0.2, -0.15) is 15.2 Å². The number of nitrogens with zero attached hydrogens (tertiary/aromatic N) is 4. The molecule has 6 nitrogen and oxygen atoms in total. The normalized spacial score (nSPS) is 10.2. The summed E-state index contributed by atoms with van der Waals surface area (Å²) in [5, 5.41) is 11.2. The van der Waals surface area contributed by atoms with E-state index < -0.39 is 0 Å². The van der Waals surface area contributed by atoms with Crippen LogP contribution >= 0.6 is 0 Å². The standard InChI is InChI=1S/C14H20N5O/c1-18(2)14(20-4)19(3)13-12(15-17-16-13)10-11-8-6-5-7-9-11/h5-9H,10H2,1-4H3,(H,15,16,17)/q+1. The van der Waals surface area contributed by atoms with Crippen LogP contribution in [0.15, 0.2) is 30.3 Å². The van der Waals surface area contributed by atoms with Gasteiger partial charge in [0.15, 0.2) is 0 Å². The molecule has 0 fully saturated rings. The molecule has 2 rings (SSSR count). The molecule has 0 unspecified atom stereocenters. The summed E-state index contributed by atoms with van der Waals surface area (Å²) in [6, 6.07) is 10.9. The summed E-state index contributed by atoms with van der Waals surface area (Å²) in [6.45, 7) is 0. The van der Waals surface area contributed by atoms with Crippen molar-refractivity contribution < 1.29 is 9.31 Å². The Kier molecular flexibility index (Phi) is 4.34. The Morgan fingerprint density at radius 3 is 2.55 bits per heavy atom. The van der Waals surface area contributed by atoms with Crippen molar-refractivity contribution in [2.24, 2.45) is 0 Å². The Labute approximate surface area is 118 Å². The number of ether oxygens (including phenoxy) is 1. The van der Waals surface area contributed by atoms with Crippen molar-refractivity contribution in [3.8, 4) is 0 Å². The van der Waals surface area contributed by atoms with Crippen molar-refractivity contribution in [3.05, 3.63) is 41.6 Å². The van der Waals surface area contributed by atoms with Gasteiger partial charge in [0.05, 0.1) is 28.3 Å². The summed E-state index contributed by atoms with van der Waals surface area (Å²) in [7, 11) is 7.40. The van der Waals surface area contributed by atoms with Crippen molar-refractivity contribution in [3.63, 3.8) is 0 Å². The van der Waals surface area contributed by atoms with E-state index in [2.05, 4.69) is 27.5 Å². The largest absolute Gasteiger partial charge is 0.451 e. The van der Waals surface area contributed by atoms with Gasteiger partial charge in [-0.15, -0.1) is 5.10 Å². The fourth-order valence-corrected chi connectivity index (χ4v) is 2.13. The molecule has 0 amide bonds. The summed E-state index contributed by atoms with van der Waals surface area (Å²) in [5.74, 6) is 0.763. The highest BCUT2D eigenvalue weighted by atomic mass is 16.5. The van der Waals surface area contributed by atoms with Gasteiger partial charge >= 0.3 is 6.02 Å². The van der Waals surface area contributed by atoms with Crippen molar-refractivity contribution in [1.29, 1.82) is 0 Å².